The third-order valence-corrected chi connectivity index (χ3v) is 7.88. The van der Waals surface area contributed by atoms with Gasteiger partial charge in [-0.3, -0.25) is 9.69 Å². The summed E-state index contributed by atoms with van der Waals surface area (Å²) in [7, 11) is 0. The summed E-state index contributed by atoms with van der Waals surface area (Å²) in [4.78, 5) is 21.8. The molecule has 35 heavy (non-hydrogen) atoms. The van der Waals surface area contributed by atoms with Gasteiger partial charge in [0.1, 0.15) is 6.10 Å². The molecule has 6 nitrogen and oxygen atoms in total. The van der Waals surface area contributed by atoms with E-state index >= 15 is 0 Å². The van der Waals surface area contributed by atoms with Crippen LogP contribution >= 0.6 is 34.8 Å². The summed E-state index contributed by atoms with van der Waals surface area (Å²) < 4.78 is 11.6. The molecule has 3 atom stereocenters. The number of ether oxygens (including phenoxy) is 2. The van der Waals surface area contributed by atoms with Gasteiger partial charge in [-0.15, -0.1) is 0 Å². The zero-order valence-corrected chi connectivity index (χ0v) is 22.2. The third kappa shape index (κ3) is 7.23. The Bertz CT molecular complexity index is 986. The van der Waals surface area contributed by atoms with Crippen LogP contribution < -0.4 is 4.74 Å². The van der Waals surface area contributed by atoms with Gasteiger partial charge in [0.25, 0.3) is 0 Å². The van der Waals surface area contributed by atoms with Crippen molar-refractivity contribution in [2.24, 2.45) is 5.92 Å². The number of benzene rings is 1. The molecule has 1 amide bonds. The summed E-state index contributed by atoms with van der Waals surface area (Å²) >= 11 is 18.5. The minimum absolute atomic E-state index is 0.0852. The molecule has 2 unspecified atom stereocenters. The van der Waals surface area contributed by atoms with Crippen LogP contribution in [0.4, 0.5) is 0 Å². The van der Waals surface area contributed by atoms with Crippen molar-refractivity contribution in [3.63, 3.8) is 0 Å². The highest BCUT2D eigenvalue weighted by atomic mass is 35.5. The third-order valence-electron chi connectivity index (χ3n) is 6.92. The number of hydrogen-bond acceptors (Lipinski definition) is 5. The molecule has 2 aromatic rings. The Kier molecular flexibility index (Phi) is 9.53. The molecule has 0 radical (unpaired) electrons. The smallest absolute Gasteiger partial charge is 0.222 e. The Labute approximate surface area is 222 Å². The van der Waals surface area contributed by atoms with Crippen molar-refractivity contribution in [3.8, 4) is 5.88 Å². The van der Waals surface area contributed by atoms with E-state index in [0.29, 0.717) is 40.5 Å². The predicted molar refractivity (Wildman–Crippen MR) is 140 cm³/mol. The lowest BCUT2D eigenvalue weighted by molar-refractivity contribution is -0.130. The molecule has 2 saturated heterocycles. The molecule has 0 saturated carbocycles. The van der Waals surface area contributed by atoms with Crippen LogP contribution in [0.3, 0.4) is 0 Å². The molecule has 0 spiro atoms. The maximum absolute atomic E-state index is 13.1. The first-order chi connectivity index (χ1) is 16.9. The van der Waals surface area contributed by atoms with E-state index in [1.165, 1.54) is 0 Å². The summed E-state index contributed by atoms with van der Waals surface area (Å²) in [5.41, 5.74) is 1.06. The first kappa shape index (κ1) is 26.5. The molecule has 1 aromatic heterocycles. The van der Waals surface area contributed by atoms with Gasteiger partial charge in [0.2, 0.25) is 11.8 Å². The van der Waals surface area contributed by atoms with Crippen molar-refractivity contribution in [3.05, 3.63) is 57.2 Å². The van der Waals surface area contributed by atoms with Crippen molar-refractivity contribution in [2.75, 3.05) is 45.9 Å². The van der Waals surface area contributed by atoms with Crippen LogP contribution in [0.1, 0.15) is 37.7 Å². The Hall–Kier alpha value is -1.57. The van der Waals surface area contributed by atoms with E-state index in [4.69, 9.17) is 44.3 Å². The quantitative estimate of drug-likeness (QED) is 0.390. The van der Waals surface area contributed by atoms with Crippen LogP contribution in [0.15, 0.2) is 36.5 Å². The van der Waals surface area contributed by atoms with E-state index in [1.54, 1.807) is 18.3 Å². The molecule has 190 valence electrons. The minimum atomic E-state index is -0.165. The first-order valence-corrected chi connectivity index (χ1v) is 13.3. The number of nitrogens with zero attached hydrogens (tertiary/aromatic N) is 3. The van der Waals surface area contributed by atoms with Crippen LogP contribution in [0, 0.1) is 5.92 Å². The number of carbonyl (C=O) groups is 1. The zero-order valence-electron chi connectivity index (χ0n) is 20.0. The SMILES string of the molecule is CC(Oc1ccc(Cl)cn1)[C@@H]1CN(C(=O)CCCCN2CCOCC2)CC1c1ccc(Cl)c(Cl)c1. The topological polar surface area (TPSA) is 54.9 Å². The highest BCUT2D eigenvalue weighted by Crippen LogP contribution is 2.38. The van der Waals surface area contributed by atoms with Gasteiger partial charge in [-0.1, -0.05) is 40.9 Å². The second-order valence-electron chi connectivity index (χ2n) is 9.29. The summed E-state index contributed by atoms with van der Waals surface area (Å²) in [5, 5.41) is 1.60. The van der Waals surface area contributed by atoms with Gasteiger partial charge in [-0.05, 0) is 50.1 Å². The Morgan fingerprint density at radius 2 is 1.91 bits per heavy atom. The molecule has 0 bridgehead atoms. The fourth-order valence-electron chi connectivity index (χ4n) is 4.91. The normalized spacial score (nSPS) is 21.8. The first-order valence-electron chi connectivity index (χ1n) is 12.2. The van der Waals surface area contributed by atoms with E-state index in [2.05, 4.69) is 9.88 Å². The van der Waals surface area contributed by atoms with E-state index in [-0.39, 0.29) is 23.8 Å². The van der Waals surface area contributed by atoms with Gasteiger partial charge >= 0.3 is 0 Å². The molecular weight excluding hydrogens is 509 g/mol. The average Bonchev–Trinajstić information content (AvgIpc) is 3.31. The number of halogens is 3. The van der Waals surface area contributed by atoms with Crippen molar-refractivity contribution < 1.29 is 14.3 Å². The Morgan fingerprint density at radius 1 is 1.11 bits per heavy atom. The highest BCUT2D eigenvalue weighted by molar-refractivity contribution is 6.42. The lowest BCUT2D eigenvalue weighted by Gasteiger charge is -2.26. The number of carbonyl (C=O) groups excluding carboxylic acids is 1. The monoisotopic (exact) mass is 539 g/mol. The lowest BCUT2D eigenvalue weighted by Crippen LogP contribution is -2.37. The molecule has 0 aliphatic carbocycles. The van der Waals surface area contributed by atoms with Crippen molar-refractivity contribution in [1.82, 2.24) is 14.8 Å². The molecule has 2 aliphatic heterocycles. The minimum Gasteiger partial charge on any atom is -0.474 e. The molecule has 2 aliphatic rings. The molecule has 1 aromatic carbocycles. The number of morpholine rings is 1. The molecule has 4 rings (SSSR count). The van der Waals surface area contributed by atoms with Crippen LogP contribution in [-0.4, -0.2) is 72.7 Å². The van der Waals surface area contributed by atoms with E-state index in [0.717, 1.165) is 51.3 Å². The van der Waals surface area contributed by atoms with Gasteiger partial charge in [0.05, 0.1) is 28.3 Å². The summed E-state index contributed by atoms with van der Waals surface area (Å²) in [6, 6.07) is 9.24. The average molecular weight is 541 g/mol. The second kappa shape index (κ2) is 12.6. The summed E-state index contributed by atoms with van der Waals surface area (Å²) in [6.45, 7) is 7.87. The Morgan fingerprint density at radius 3 is 2.63 bits per heavy atom. The Balaban J connectivity index is 1.39. The fraction of sp³-hybridized carbons (Fsp3) is 0.538. The van der Waals surface area contributed by atoms with Crippen LogP contribution in [-0.2, 0) is 9.53 Å². The van der Waals surface area contributed by atoms with Gasteiger partial charge < -0.3 is 14.4 Å². The number of unbranched alkanes of at least 4 members (excludes halogenated alkanes) is 1. The number of hydrogen-bond donors (Lipinski definition) is 0. The number of rotatable bonds is 9. The molecule has 9 heteroatoms. The maximum Gasteiger partial charge on any atom is 0.222 e. The number of amides is 1. The van der Waals surface area contributed by atoms with Crippen LogP contribution in [0.25, 0.3) is 0 Å². The molecular formula is C26H32Cl3N3O3. The summed E-state index contributed by atoms with van der Waals surface area (Å²) in [6.07, 6.45) is 3.86. The molecule has 3 heterocycles. The van der Waals surface area contributed by atoms with Gasteiger partial charge in [0.15, 0.2) is 0 Å². The maximum atomic E-state index is 13.1. The number of likely N-dealkylation sites (tertiary alicyclic amines) is 1. The summed E-state index contributed by atoms with van der Waals surface area (Å²) in [5.74, 6) is 0.880. The van der Waals surface area contributed by atoms with Crippen LogP contribution in [0.5, 0.6) is 5.88 Å². The second-order valence-corrected chi connectivity index (χ2v) is 10.5. The lowest BCUT2D eigenvalue weighted by atomic mass is 9.86. The highest BCUT2D eigenvalue weighted by Gasteiger charge is 2.40. The number of aromatic nitrogens is 1. The molecule has 2 fully saturated rings. The number of pyridine rings is 1. The zero-order chi connectivity index (χ0) is 24.8. The van der Waals surface area contributed by atoms with Gasteiger partial charge in [0, 0.05) is 56.7 Å². The van der Waals surface area contributed by atoms with Crippen molar-refractivity contribution in [2.45, 2.75) is 38.2 Å². The van der Waals surface area contributed by atoms with Gasteiger partial charge in [-0.2, -0.15) is 0 Å². The van der Waals surface area contributed by atoms with Crippen molar-refractivity contribution >= 4 is 40.7 Å². The van der Waals surface area contributed by atoms with E-state index in [1.807, 2.05) is 30.0 Å². The van der Waals surface area contributed by atoms with E-state index in [9.17, 15) is 4.79 Å². The van der Waals surface area contributed by atoms with Crippen molar-refractivity contribution in [1.29, 1.82) is 0 Å². The fourth-order valence-corrected chi connectivity index (χ4v) is 5.33. The van der Waals surface area contributed by atoms with Gasteiger partial charge in [-0.25, -0.2) is 4.98 Å². The predicted octanol–water partition coefficient (Wildman–Crippen LogP) is 5.55. The molecule has 0 N–H and O–H groups in total. The largest absolute Gasteiger partial charge is 0.474 e. The van der Waals surface area contributed by atoms with Crippen LogP contribution in [0.2, 0.25) is 15.1 Å². The standard InChI is InChI=1S/C26H32Cl3N3O3/c1-18(35-25-8-6-20(27)15-30-25)21-16-32(17-22(21)19-5-7-23(28)24(29)14-19)26(33)4-2-3-9-31-10-12-34-13-11-31/h5-8,14-15,18,21-22H,2-4,9-13,16-17H2,1H3/t18?,21-,22?/m0/s1. The van der Waals surface area contributed by atoms with E-state index < -0.39 is 0 Å².